The molecule has 0 aliphatic heterocycles. The first-order valence-electron chi connectivity index (χ1n) is 7.47. The summed E-state index contributed by atoms with van der Waals surface area (Å²) in [5, 5.41) is 12.3. The molecule has 0 fully saturated rings. The number of allylic oxidation sites excluding steroid dienone is 4. The fraction of sp³-hybridized carbons (Fsp3) is 0.176. The van der Waals surface area contributed by atoms with Gasteiger partial charge in [-0.2, -0.15) is 4.91 Å². The van der Waals surface area contributed by atoms with Crippen molar-refractivity contribution in [3.63, 3.8) is 0 Å². The highest BCUT2D eigenvalue weighted by molar-refractivity contribution is 6.62. The Labute approximate surface area is 135 Å². The summed E-state index contributed by atoms with van der Waals surface area (Å²) in [5.74, 6) is 0. The fourth-order valence-electron chi connectivity index (χ4n) is 2.11. The molecule has 1 heterocycles. The van der Waals surface area contributed by atoms with Crippen molar-refractivity contribution in [2.24, 2.45) is 5.09 Å². The molecule has 0 aliphatic carbocycles. The van der Waals surface area contributed by atoms with E-state index in [1.54, 1.807) is 0 Å². The lowest BCUT2D eigenvalue weighted by Crippen LogP contribution is -2.34. The van der Waals surface area contributed by atoms with E-state index in [1.807, 2.05) is 68.5 Å². The third-order valence-corrected chi connectivity index (χ3v) is 3.28. The molecule has 116 valence electrons. The molecular weight excluding hydrogens is 289 g/mol. The van der Waals surface area contributed by atoms with Crippen LogP contribution in [-0.2, 0) is 0 Å². The van der Waals surface area contributed by atoms with Crippen LogP contribution in [0.3, 0.4) is 0 Å². The molecule has 0 amide bonds. The molecule has 1 N–H and O–H groups in total. The molecule has 1 aromatic carbocycles. The zero-order valence-corrected chi connectivity index (χ0v) is 13.2. The Hall–Kier alpha value is -2.60. The molecule has 23 heavy (non-hydrogen) atoms. The number of benzene rings is 1. The van der Waals surface area contributed by atoms with E-state index in [4.69, 9.17) is 0 Å². The van der Waals surface area contributed by atoms with Gasteiger partial charge in [0.25, 0.3) is 0 Å². The highest BCUT2D eigenvalue weighted by Gasteiger charge is 2.22. The summed E-state index contributed by atoms with van der Waals surface area (Å²) < 4.78 is 0. The van der Waals surface area contributed by atoms with Gasteiger partial charge in [-0.3, -0.25) is 0 Å². The van der Waals surface area contributed by atoms with Crippen LogP contribution in [0, 0.1) is 4.91 Å². The van der Waals surface area contributed by atoms with Crippen LogP contribution in [0.5, 0.6) is 0 Å². The lowest BCUT2D eigenvalue weighted by molar-refractivity contribution is 0.584. The number of hydrogen-bond acceptors (Lipinski definition) is 5. The van der Waals surface area contributed by atoms with E-state index in [2.05, 4.69) is 15.1 Å². The normalized spacial score (nSPS) is 11.7. The van der Waals surface area contributed by atoms with E-state index in [0.29, 0.717) is 11.4 Å². The minimum Gasteiger partial charge on any atom is -0.423 e. The van der Waals surface area contributed by atoms with Crippen LogP contribution in [0.4, 0.5) is 0 Å². The quantitative estimate of drug-likeness (QED) is 0.506. The summed E-state index contributed by atoms with van der Waals surface area (Å²) in [6.07, 6.45) is 6.81. The van der Waals surface area contributed by atoms with Crippen molar-refractivity contribution in [1.29, 1.82) is 0 Å². The molecule has 2 aromatic rings. The minimum atomic E-state index is -1.58. The van der Waals surface area contributed by atoms with E-state index in [1.165, 1.54) is 0 Å². The molecule has 0 saturated carbocycles. The summed E-state index contributed by atoms with van der Waals surface area (Å²) in [7, 11) is -1.58. The maximum Gasteiger partial charge on any atom is 0.555 e. The van der Waals surface area contributed by atoms with Crippen LogP contribution in [0.15, 0.2) is 59.7 Å². The Bertz CT molecular complexity index is 730. The van der Waals surface area contributed by atoms with E-state index in [-0.39, 0.29) is 5.72 Å². The van der Waals surface area contributed by atoms with Gasteiger partial charge in [0.15, 0.2) is 5.72 Å². The summed E-state index contributed by atoms with van der Waals surface area (Å²) >= 11 is 0. The topological polar surface area (TPSA) is 75.4 Å². The third kappa shape index (κ3) is 4.20. The summed E-state index contributed by atoms with van der Waals surface area (Å²) in [6, 6.07) is 11.4. The Morgan fingerprint density at radius 2 is 2.04 bits per heavy atom. The van der Waals surface area contributed by atoms with Crippen molar-refractivity contribution < 1.29 is 5.02 Å². The van der Waals surface area contributed by atoms with Crippen LogP contribution in [-0.4, -0.2) is 22.0 Å². The SMILES string of the molecule is C/C=C(\C=C/CC)c1cc(-c2ccccc2)nc(B(O)N=O)n1. The molecule has 2 rings (SSSR count). The highest BCUT2D eigenvalue weighted by Crippen LogP contribution is 2.20. The van der Waals surface area contributed by atoms with E-state index < -0.39 is 7.05 Å². The van der Waals surface area contributed by atoms with Crippen LogP contribution in [0.2, 0.25) is 0 Å². The molecule has 6 heteroatoms. The largest absolute Gasteiger partial charge is 0.555 e. The van der Waals surface area contributed by atoms with E-state index >= 15 is 0 Å². The summed E-state index contributed by atoms with van der Waals surface area (Å²) in [6.45, 7) is 3.96. The maximum atomic E-state index is 10.7. The molecule has 0 radical (unpaired) electrons. The third-order valence-electron chi connectivity index (χ3n) is 3.28. The molecular formula is C17H18BN3O2. The maximum absolute atomic E-state index is 10.7. The zero-order chi connectivity index (χ0) is 16.7. The fourth-order valence-corrected chi connectivity index (χ4v) is 2.11. The average Bonchev–Trinajstić information content (AvgIpc) is 2.62. The van der Waals surface area contributed by atoms with Crippen molar-refractivity contribution in [3.8, 4) is 11.3 Å². The predicted molar refractivity (Wildman–Crippen MR) is 94.0 cm³/mol. The van der Waals surface area contributed by atoms with E-state index in [9.17, 15) is 9.93 Å². The second-order valence-corrected chi connectivity index (χ2v) is 4.90. The van der Waals surface area contributed by atoms with Crippen molar-refractivity contribution in [2.75, 3.05) is 0 Å². The number of nitroso groups, excluding NO2 is 1. The lowest BCUT2D eigenvalue weighted by Gasteiger charge is -2.08. The molecule has 5 nitrogen and oxygen atoms in total. The lowest BCUT2D eigenvalue weighted by atomic mass is 9.84. The Morgan fingerprint density at radius 3 is 2.65 bits per heavy atom. The monoisotopic (exact) mass is 307 g/mol. The van der Waals surface area contributed by atoms with Gasteiger partial charge in [-0.15, -0.1) is 0 Å². The van der Waals surface area contributed by atoms with Crippen LogP contribution < -0.4 is 5.72 Å². The zero-order valence-electron chi connectivity index (χ0n) is 13.2. The van der Waals surface area contributed by atoms with Gasteiger partial charge in [-0.05, 0) is 25.0 Å². The summed E-state index contributed by atoms with van der Waals surface area (Å²) in [5.41, 5.74) is 3.05. The molecule has 0 aliphatic rings. The van der Waals surface area contributed by atoms with Gasteiger partial charge < -0.3 is 5.02 Å². The van der Waals surface area contributed by atoms with Gasteiger partial charge in [0, 0.05) is 5.56 Å². The number of aromatic nitrogens is 2. The van der Waals surface area contributed by atoms with Crippen molar-refractivity contribution >= 4 is 18.3 Å². The van der Waals surface area contributed by atoms with Crippen molar-refractivity contribution in [2.45, 2.75) is 20.3 Å². The molecule has 1 aromatic heterocycles. The number of nitrogens with zero attached hydrogens (tertiary/aromatic N) is 3. The van der Waals surface area contributed by atoms with Gasteiger partial charge in [0.1, 0.15) is 0 Å². The molecule has 0 spiro atoms. The van der Waals surface area contributed by atoms with Crippen molar-refractivity contribution in [1.82, 2.24) is 9.97 Å². The van der Waals surface area contributed by atoms with Gasteiger partial charge in [0.2, 0.25) is 0 Å². The number of hydrogen-bond donors (Lipinski definition) is 1. The Balaban J connectivity index is 2.58. The minimum absolute atomic E-state index is 0.000557. The smallest absolute Gasteiger partial charge is 0.423 e. The van der Waals surface area contributed by atoms with Crippen LogP contribution in [0.25, 0.3) is 16.8 Å². The Morgan fingerprint density at radius 1 is 1.30 bits per heavy atom. The predicted octanol–water partition coefficient (Wildman–Crippen LogP) is 2.97. The second kappa shape index (κ2) is 8.15. The highest BCUT2D eigenvalue weighted by atomic mass is 16.3. The van der Waals surface area contributed by atoms with E-state index in [0.717, 1.165) is 17.6 Å². The van der Waals surface area contributed by atoms with Crippen LogP contribution in [0.1, 0.15) is 26.0 Å². The first kappa shape index (κ1) is 16.8. The molecule has 0 atom stereocenters. The van der Waals surface area contributed by atoms with Gasteiger partial charge >= 0.3 is 7.05 Å². The standard InChI is InChI=1S/C17H18BN3O2/c1-3-5-9-13(4-2)15-12-16(14-10-7-6-8-11-14)20-17(19-15)18(22)21-23/h4-12,22H,3H2,1-2H3/b9-5-,13-4+. The Kier molecular flexibility index (Phi) is 5.94. The molecule has 0 saturated heterocycles. The van der Waals surface area contributed by atoms with Crippen LogP contribution >= 0.6 is 0 Å². The first-order valence-corrected chi connectivity index (χ1v) is 7.47. The van der Waals surface area contributed by atoms with Gasteiger partial charge in [-0.25, -0.2) is 9.97 Å². The van der Waals surface area contributed by atoms with Crippen molar-refractivity contribution in [3.05, 3.63) is 65.2 Å². The first-order chi connectivity index (χ1) is 11.2. The molecule has 0 bridgehead atoms. The van der Waals surface area contributed by atoms with Gasteiger partial charge in [-0.1, -0.05) is 60.6 Å². The summed E-state index contributed by atoms with van der Waals surface area (Å²) in [4.78, 5) is 19.2. The van der Waals surface area contributed by atoms with Gasteiger partial charge in [0.05, 0.1) is 11.4 Å². The molecule has 0 unspecified atom stereocenters. The second-order valence-electron chi connectivity index (χ2n) is 4.90. The number of rotatable bonds is 6. The average molecular weight is 307 g/mol.